The number of carbonyl (C=O) groups is 2. The third kappa shape index (κ3) is 8.33. The third-order valence-electron chi connectivity index (χ3n) is 9.76. The number of fused-ring (bicyclic) bond motifs is 1. The molecule has 2 amide bonds. The number of methoxy groups -OCH3 is 2. The smallest absolute Gasteiger partial charge is 0.210 e. The summed E-state index contributed by atoms with van der Waals surface area (Å²) in [4.78, 5) is 36.9. The first-order valence-corrected chi connectivity index (χ1v) is 17.5. The molecule has 1 aliphatic carbocycles. The molecule has 0 saturated heterocycles. The van der Waals surface area contributed by atoms with Gasteiger partial charge < -0.3 is 28.7 Å². The van der Waals surface area contributed by atoms with Crippen LogP contribution in [0, 0.1) is 13.8 Å². The van der Waals surface area contributed by atoms with Crippen LogP contribution in [0.4, 0.5) is 11.4 Å². The van der Waals surface area contributed by atoms with E-state index in [0.29, 0.717) is 62.1 Å². The van der Waals surface area contributed by atoms with Crippen LogP contribution in [0.5, 0.6) is 23.0 Å². The molecule has 0 aromatic heterocycles. The lowest BCUT2D eigenvalue weighted by Crippen LogP contribution is -2.40. The molecule has 2 unspecified atom stereocenters. The highest BCUT2D eigenvalue weighted by Crippen LogP contribution is 2.37. The highest BCUT2D eigenvalue weighted by atomic mass is 16.5. The molecule has 0 saturated carbocycles. The average Bonchev–Trinajstić information content (AvgIpc) is 3.16. The van der Waals surface area contributed by atoms with Crippen molar-refractivity contribution in [2.45, 2.75) is 64.6 Å². The minimum absolute atomic E-state index is 0.0865. The topological polar surface area (TPSA) is 102 Å². The van der Waals surface area contributed by atoms with Gasteiger partial charge in [0.2, 0.25) is 12.8 Å². The summed E-state index contributed by atoms with van der Waals surface area (Å²) in [6, 6.07) is 15.6. The van der Waals surface area contributed by atoms with Crippen LogP contribution in [0.1, 0.15) is 47.9 Å². The van der Waals surface area contributed by atoms with Crippen molar-refractivity contribution in [2.75, 3.05) is 34.0 Å². The maximum Gasteiger partial charge on any atom is 0.210 e. The lowest BCUT2D eigenvalue weighted by molar-refractivity contribution is -0.120. The average molecular weight is 691 g/mol. The number of carbonyl (C=O) groups excluding carboxylic acids is 2. The Kier molecular flexibility index (Phi) is 11.5. The molecule has 51 heavy (non-hydrogen) atoms. The molecule has 0 radical (unpaired) electrons. The van der Waals surface area contributed by atoms with E-state index in [1.165, 1.54) is 22.3 Å². The molecule has 3 aromatic carbocycles. The van der Waals surface area contributed by atoms with Crippen LogP contribution >= 0.6 is 0 Å². The highest BCUT2D eigenvalue weighted by molar-refractivity contribution is 5.76. The molecule has 3 aliphatic rings. The molecular weight excluding hydrogens is 644 g/mol. The van der Waals surface area contributed by atoms with Gasteiger partial charge >= 0.3 is 0 Å². The summed E-state index contributed by atoms with van der Waals surface area (Å²) in [5.41, 5.74) is 8.47. The Morgan fingerprint density at radius 3 is 1.90 bits per heavy atom. The van der Waals surface area contributed by atoms with Crippen LogP contribution in [-0.2, 0) is 22.6 Å². The molecule has 6 rings (SSSR count). The maximum atomic E-state index is 11.9. The Bertz CT molecular complexity index is 1860. The van der Waals surface area contributed by atoms with Crippen LogP contribution < -0.4 is 18.9 Å². The molecule has 0 N–H and O–H groups in total. The summed E-state index contributed by atoms with van der Waals surface area (Å²) < 4.78 is 23.6. The standard InChI is InChI=1S/C41H46N4O6/c1-28-16-38(48-3)40(20-36(28)42-22-34-18-30-10-5-7-12-32(30)24-44(34)26-46)50-14-9-15-51-41-21-37(29(2)17-39(41)49-4)43-23-35-19-31-11-6-8-13-33(31)25-45(35)27-47/h5,7-8,10,12-13,16-17,20-23,26-27,34-35H,6,9,11,14-15,18-19,24-25H2,1-4H3. The Morgan fingerprint density at radius 1 is 0.745 bits per heavy atom. The van der Waals surface area contributed by atoms with Crippen molar-refractivity contribution in [1.82, 2.24) is 9.80 Å². The number of allylic oxidation sites excluding steroid dienone is 1. The van der Waals surface area contributed by atoms with Crippen molar-refractivity contribution in [3.63, 3.8) is 0 Å². The van der Waals surface area contributed by atoms with E-state index in [2.05, 4.69) is 24.3 Å². The van der Waals surface area contributed by atoms with E-state index in [-0.39, 0.29) is 12.1 Å². The Labute approximate surface area is 300 Å². The quantitative estimate of drug-likeness (QED) is 0.102. The molecule has 2 heterocycles. The fourth-order valence-corrected chi connectivity index (χ4v) is 6.80. The van der Waals surface area contributed by atoms with Gasteiger partial charge in [0.25, 0.3) is 0 Å². The lowest BCUT2D eigenvalue weighted by atomic mass is 9.88. The van der Waals surface area contributed by atoms with Crippen LogP contribution in [-0.4, -0.2) is 81.1 Å². The van der Waals surface area contributed by atoms with Gasteiger partial charge in [-0.1, -0.05) is 42.0 Å². The first-order chi connectivity index (χ1) is 24.9. The van der Waals surface area contributed by atoms with E-state index in [4.69, 9.17) is 28.9 Å². The summed E-state index contributed by atoms with van der Waals surface area (Å²) in [5, 5.41) is 0. The molecule has 10 heteroatoms. The van der Waals surface area contributed by atoms with E-state index in [9.17, 15) is 9.59 Å². The molecule has 10 nitrogen and oxygen atoms in total. The second-order valence-electron chi connectivity index (χ2n) is 13.1. The first-order valence-electron chi connectivity index (χ1n) is 17.5. The predicted molar refractivity (Wildman–Crippen MR) is 199 cm³/mol. The second kappa shape index (κ2) is 16.6. The minimum atomic E-state index is -0.135. The number of rotatable bonds is 14. The van der Waals surface area contributed by atoms with Crippen molar-refractivity contribution in [3.05, 3.63) is 94.1 Å². The maximum absolute atomic E-state index is 11.9. The number of amides is 2. The largest absolute Gasteiger partial charge is 0.493 e. The monoisotopic (exact) mass is 690 g/mol. The Morgan fingerprint density at radius 2 is 1.31 bits per heavy atom. The van der Waals surface area contributed by atoms with Crippen LogP contribution in [0.25, 0.3) is 0 Å². The Hall–Kier alpha value is -5.38. The van der Waals surface area contributed by atoms with Gasteiger partial charge in [0.15, 0.2) is 23.0 Å². The van der Waals surface area contributed by atoms with Crippen molar-refractivity contribution >= 4 is 36.6 Å². The second-order valence-corrected chi connectivity index (χ2v) is 13.1. The summed E-state index contributed by atoms with van der Waals surface area (Å²) in [5.74, 6) is 2.42. The highest BCUT2D eigenvalue weighted by Gasteiger charge is 2.26. The third-order valence-corrected chi connectivity index (χ3v) is 9.76. The molecular formula is C41H46N4O6. The molecule has 266 valence electrons. The van der Waals surface area contributed by atoms with Gasteiger partial charge in [-0.05, 0) is 79.5 Å². The van der Waals surface area contributed by atoms with Crippen molar-refractivity contribution in [2.24, 2.45) is 9.98 Å². The van der Waals surface area contributed by atoms with Crippen molar-refractivity contribution in [1.29, 1.82) is 0 Å². The van der Waals surface area contributed by atoms with Crippen molar-refractivity contribution < 1.29 is 28.5 Å². The van der Waals surface area contributed by atoms with Crippen LogP contribution in [0.3, 0.4) is 0 Å². The summed E-state index contributed by atoms with van der Waals surface area (Å²) >= 11 is 0. The number of hydrogen-bond acceptors (Lipinski definition) is 8. The van der Waals surface area contributed by atoms with E-state index < -0.39 is 0 Å². The minimum Gasteiger partial charge on any atom is -0.493 e. The molecule has 0 spiro atoms. The van der Waals surface area contributed by atoms with E-state index in [1.807, 2.05) is 67.6 Å². The molecule has 0 fully saturated rings. The van der Waals surface area contributed by atoms with Gasteiger partial charge in [-0.3, -0.25) is 19.6 Å². The number of ether oxygens (including phenoxy) is 4. The van der Waals surface area contributed by atoms with E-state index in [1.54, 1.807) is 19.1 Å². The Balaban J connectivity index is 1.07. The zero-order valence-corrected chi connectivity index (χ0v) is 29.8. The molecule has 2 aliphatic heterocycles. The number of nitrogens with zero attached hydrogens (tertiary/aromatic N) is 4. The van der Waals surface area contributed by atoms with Crippen molar-refractivity contribution in [3.8, 4) is 23.0 Å². The zero-order valence-electron chi connectivity index (χ0n) is 29.8. The van der Waals surface area contributed by atoms with Crippen LogP contribution in [0.2, 0.25) is 0 Å². The predicted octanol–water partition coefficient (Wildman–Crippen LogP) is 7.03. The number of benzene rings is 3. The molecule has 0 bridgehead atoms. The van der Waals surface area contributed by atoms with Gasteiger partial charge in [-0.2, -0.15) is 0 Å². The number of hydrogen-bond donors (Lipinski definition) is 0. The first kappa shape index (κ1) is 35.4. The fraction of sp³-hybridized carbons (Fsp3) is 0.366. The van der Waals surface area contributed by atoms with Gasteiger partial charge in [-0.25, -0.2) is 0 Å². The number of aliphatic imine (C=N–C) groups is 2. The summed E-state index contributed by atoms with van der Waals surface area (Å²) in [6.07, 6.45) is 14.1. The van der Waals surface area contributed by atoms with E-state index >= 15 is 0 Å². The fourth-order valence-electron chi connectivity index (χ4n) is 6.80. The van der Waals surface area contributed by atoms with Gasteiger partial charge in [0, 0.05) is 44.1 Å². The van der Waals surface area contributed by atoms with Gasteiger partial charge in [0.1, 0.15) is 0 Å². The van der Waals surface area contributed by atoms with Gasteiger partial charge in [0.05, 0.1) is 50.9 Å². The normalized spacial score (nSPS) is 18.5. The van der Waals surface area contributed by atoms with Crippen LogP contribution in [0.15, 0.2) is 81.8 Å². The van der Waals surface area contributed by atoms with E-state index in [0.717, 1.165) is 54.6 Å². The zero-order chi connectivity index (χ0) is 35.7. The number of aryl methyl sites for hydroxylation is 2. The summed E-state index contributed by atoms with van der Waals surface area (Å²) in [7, 11) is 3.24. The molecule has 2 atom stereocenters. The summed E-state index contributed by atoms with van der Waals surface area (Å²) in [6.45, 7) is 5.91. The van der Waals surface area contributed by atoms with Gasteiger partial charge in [-0.15, -0.1) is 0 Å². The lowest BCUT2D eigenvalue weighted by Gasteiger charge is -2.34. The molecule has 3 aromatic rings. The SMILES string of the molecule is COc1cc(C)c(N=CC2CC3=C(C=CCC3)CN2C=O)cc1OCCCOc1cc(N=CC2Cc3ccccc3CN2C=O)c(C)cc1OC.